The quantitative estimate of drug-likeness (QED) is 0.746. The highest BCUT2D eigenvalue weighted by Crippen LogP contribution is 2.38. The Labute approximate surface area is 94.0 Å². The molecule has 2 rings (SSSR count). The molecule has 0 aromatic heterocycles. The SMILES string of the molecule is CC1(C)CCCN1c1c(N)ccc(F)c1F. The standard InChI is InChI=1S/C12H16F2N2/c1-12(2)6-3-7-16(12)11-9(15)5-4-8(13)10(11)14/h4-5H,3,6-7,15H2,1-2H3. The van der Waals surface area contributed by atoms with Gasteiger partial charge < -0.3 is 10.6 Å². The fourth-order valence-electron chi connectivity index (χ4n) is 2.35. The van der Waals surface area contributed by atoms with Crippen molar-refractivity contribution in [3.63, 3.8) is 0 Å². The zero-order valence-electron chi connectivity index (χ0n) is 9.56. The largest absolute Gasteiger partial charge is 0.397 e. The van der Waals surface area contributed by atoms with Crippen LogP contribution in [0.5, 0.6) is 0 Å². The van der Waals surface area contributed by atoms with Crippen molar-refractivity contribution in [3.8, 4) is 0 Å². The lowest BCUT2D eigenvalue weighted by Gasteiger charge is -2.34. The first-order valence-electron chi connectivity index (χ1n) is 5.44. The maximum Gasteiger partial charge on any atom is 0.184 e. The topological polar surface area (TPSA) is 29.3 Å². The zero-order valence-corrected chi connectivity index (χ0v) is 9.56. The Morgan fingerprint density at radius 2 is 2.00 bits per heavy atom. The third-order valence-electron chi connectivity index (χ3n) is 3.27. The number of nitrogens with two attached hydrogens (primary N) is 1. The summed E-state index contributed by atoms with van der Waals surface area (Å²) in [5.74, 6) is -1.68. The highest BCUT2D eigenvalue weighted by Gasteiger charge is 2.35. The molecule has 0 amide bonds. The van der Waals surface area contributed by atoms with E-state index in [0.29, 0.717) is 5.69 Å². The molecule has 1 aliphatic rings. The van der Waals surface area contributed by atoms with Crippen molar-refractivity contribution in [2.75, 3.05) is 17.2 Å². The number of hydrogen-bond acceptors (Lipinski definition) is 2. The summed E-state index contributed by atoms with van der Waals surface area (Å²) in [7, 11) is 0. The average Bonchev–Trinajstić information content (AvgIpc) is 2.54. The van der Waals surface area contributed by atoms with Crippen LogP contribution in [-0.2, 0) is 0 Å². The van der Waals surface area contributed by atoms with E-state index in [0.717, 1.165) is 25.5 Å². The number of anilines is 2. The summed E-state index contributed by atoms with van der Waals surface area (Å²) in [5, 5.41) is 0. The Morgan fingerprint density at radius 3 is 2.56 bits per heavy atom. The second-order valence-electron chi connectivity index (χ2n) is 4.87. The minimum absolute atomic E-state index is 0.164. The molecule has 0 aliphatic carbocycles. The minimum Gasteiger partial charge on any atom is -0.397 e. The van der Waals surface area contributed by atoms with Crippen molar-refractivity contribution < 1.29 is 8.78 Å². The maximum atomic E-state index is 13.8. The van der Waals surface area contributed by atoms with Gasteiger partial charge in [-0.05, 0) is 38.8 Å². The summed E-state index contributed by atoms with van der Waals surface area (Å²) in [6.07, 6.45) is 1.94. The number of nitrogens with zero attached hydrogens (tertiary/aromatic N) is 1. The van der Waals surface area contributed by atoms with Gasteiger partial charge in [0.1, 0.15) is 0 Å². The van der Waals surface area contributed by atoms with Gasteiger partial charge in [-0.15, -0.1) is 0 Å². The Morgan fingerprint density at radius 1 is 1.31 bits per heavy atom. The average molecular weight is 226 g/mol. The molecular weight excluding hydrogens is 210 g/mol. The number of halogens is 2. The van der Waals surface area contributed by atoms with Crippen molar-refractivity contribution in [2.45, 2.75) is 32.2 Å². The monoisotopic (exact) mass is 226 g/mol. The normalized spacial score (nSPS) is 19.1. The number of benzene rings is 1. The first kappa shape index (κ1) is 11.2. The van der Waals surface area contributed by atoms with Crippen LogP contribution >= 0.6 is 0 Å². The zero-order chi connectivity index (χ0) is 11.9. The van der Waals surface area contributed by atoms with Crippen molar-refractivity contribution >= 4 is 11.4 Å². The van der Waals surface area contributed by atoms with E-state index in [4.69, 9.17) is 5.73 Å². The molecule has 16 heavy (non-hydrogen) atoms. The first-order valence-corrected chi connectivity index (χ1v) is 5.44. The molecule has 2 N–H and O–H groups in total. The molecule has 1 aliphatic heterocycles. The van der Waals surface area contributed by atoms with E-state index in [9.17, 15) is 8.78 Å². The Balaban J connectivity index is 2.52. The summed E-state index contributed by atoms with van der Waals surface area (Å²) in [5.41, 5.74) is 6.09. The van der Waals surface area contributed by atoms with Crippen LogP contribution in [0.2, 0.25) is 0 Å². The smallest absolute Gasteiger partial charge is 0.184 e. The van der Waals surface area contributed by atoms with Crippen LogP contribution in [0.25, 0.3) is 0 Å². The lowest BCUT2D eigenvalue weighted by Crippen LogP contribution is -2.39. The molecular formula is C12H16F2N2. The Hall–Kier alpha value is -1.32. The molecule has 0 radical (unpaired) electrons. The van der Waals surface area contributed by atoms with E-state index in [1.165, 1.54) is 6.07 Å². The van der Waals surface area contributed by atoms with Crippen molar-refractivity contribution in [1.29, 1.82) is 0 Å². The fourth-order valence-corrected chi connectivity index (χ4v) is 2.35. The summed E-state index contributed by atoms with van der Waals surface area (Å²) in [6.45, 7) is 4.76. The third kappa shape index (κ3) is 1.62. The summed E-state index contributed by atoms with van der Waals surface area (Å²) in [6, 6.07) is 2.49. The molecule has 1 aromatic carbocycles. The van der Waals surface area contributed by atoms with E-state index >= 15 is 0 Å². The Kier molecular flexibility index (Phi) is 2.52. The second-order valence-corrected chi connectivity index (χ2v) is 4.87. The van der Waals surface area contributed by atoms with Crippen LogP contribution < -0.4 is 10.6 Å². The highest BCUT2D eigenvalue weighted by atomic mass is 19.2. The van der Waals surface area contributed by atoms with Gasteiger partial charge in [-0.1, -0.05) is 0 Å². The van der Waals surface area contributed by atoms with Crippen LogP contribution in [0.4, 0.5) is 20.2 Å². The van der Waals surface area contributed by atoms with Gasteiger partial charge in [0.15, 0.2) is 11.6 Å². The summed E-state index contributed by atoms with van der Waals surface area (Å²) < 4.78 is 27.0. The molecule has 4 heteroatoms. The van der Waals surface area contributed by atoms with Crippen LogP contribution in [0.1, 0.15) is 26.7 Å². The highest BCUT2D eigenvalue weighted by molar-refractivity contribution is 5.70. The molecule has 0 spiro atoms. The van der Waals surface area contributed by atoms with Crippen molar-refractivity contribution in [1.82, 2.24) is 0 Å². The molecule has 2 nitrogen and oxygen atoms in total. The Bertz CT molecular complexity index is 416. The second kappa shape index (κ2) is 3.61. The molecule has 1 heterocycles. The first-order chi connectivity index (χ1) is 7.43. The predicted molar refractivity (Wildman–Crippen MR) is 61.4 cm³/mol. The van der Waals surface area contributed by atoms with Gasteiger partial charge >= 0.3 is 0 Å². The number of rotatable bonds is 1. The lowest BCUT2D eigenvalue weighted by atomic mass is 10.0. The van der Waals surface area contributed by atoms with Gasteiger partial charge in [0.25, 0.3) is 0 Å². The number of hydrogen-bond donors (Lipinski definition) is 1. The van der Waals surface area contributed by atoms with Gasteiger partial charge in [-0.2, -0.15) is 0 Å². The molecule has 0 saturated carbocycles. The fraction of sp³-hybridized carbons (Fsp3) is 0.500. The van der Waals surface area contributed by atoms with E-state index in [-0.39, 0.29) is 11.2 Å². The van der Waals surface area contributed by atoms with E-state index in [1.54, 1.807) is 0 Å². The third-order valence-corrected chi connectivity index (χ3v) is 3.27. The summed E-state index contributed by atoms with van der Waals surface area (Å²) >= 11 is 0. The molecule has 0 atom stereocenters. The minimum atomic E-state index is -0.841. The number of nitrogen functional groups attached to an aromatic ring is 1. The molecule has 0 unspecified atom stereocenters. The van der Waals surface area contributed by atoms with Gasteiger partial charge in [-0.3, -0.25) is 0 Å². The van der Waals surface area contributed by atoms with Crippen molar-refractivity contribution in [2.24, 2.45) is 0 Å². The van der Waals surface area contributed by atoms with Gasteiger partial charge in [-0.25, -0.2) is 8.78 Å². The predicted octanol–water partition coefficient (Wildman–Crippen LogP) is 2.93. The van der Waals surface area contributed by atoms with Crippen LogP contribution in [-0.4, -0.2) is 12.1 Å². The van der Waals surface area contributed by atoms with Gasteiger partial charge in [0.2, 0.25) is 0 Å². The van der Waals surface area contributed by atoms with Gasteiger partial charge in [0.05, 0.1) is 11.4 Å². The summed E-state index contributed by atoms with van der Waals surface area (Å²) in [4.78, 5) is 1.86. The molecule has 1 fully saturated rings. The van der Waals surface area contributed by atoms with E-state index in [1.807, 2.05) is 18.7 Å². The van der Waals surface area contributed by atoms with E-state index < -0.39 is 11.6 Å². The van der Waals surface area contributed by atoms with Crippen molar-refractivity contribution in [3.05, 3.63) is 23.8 Å². The van der Waals surface area contributed by atoms with E-state index in [2.05, 4.69) is 0 Å². The molecule has 0 bridgehead atoms. The van der Waals surface area contributed by atoms with Crippen LogP contribution in [0, 0.1) is 11.6 Å². The maximum absolute atomic E-state index is 13.8. The molecule has 1 aromatic rings. The van der Waals surface area contributed by atoms with Crippen LogP contribution in [0.3, 0.4) is 0 Å². The van der Waals surface area contributed by atoms with Crippen LogP contribution in [0.15, 0.2) is 12.1 Å². The van der Waals surface area contributed by atoms with Gasteiger partial charge in [0, 0.05) is 12.1 Å². The lowest BCUT2D eigenvalue weighted by molar-refractivity contribution is 0.482. The molecule has 1 saturated heterocycles. The molecule has 88 valence electrons.